The van der Waals surface area contributed by atoms with E-state index in [1.54, 1.807) is 7.11 Å². The molecule has 0 spiro atoms. The number of H-pyrrole nitrogens is 1. The summed E-state index contributed by atoms with van der Waals surface area (Å²) in [7, 11) is 1.62. The fourth-order valence-electron chi connectivity index (χ4n) is 2.31. The molecule has 1 aromatic heterocycles. The van der Waals surface area contributed by atoms with Gasteiger partial charge in [-0.1, -0.05) is 26.7 Å². The van der Waals surface area contributed by atoms with Gasteiger partial charge in [-0.3, -0.25) is 14.3 Å². The van der Waals surface area contributed by atoms with Crippen LogP contribution in [-0.4, -0.2) is 36.4 Å². The number of nitrogens with one attached hydrogen (secondary N) is 1. The molecule has 0 saturated heterocycles. The lowest BCUT2D eigenvalue weighted by atomic mass is 10.2. The summed E-state index contributed by atoms with van der Waals surface area (Å²) in [5, 5.41) is 0. The van der Waals surface area contributed by atoms with E-state index < -0.39 is 11.2 Å². The topological polar surface area (TPSA) is 93.3 Å². The van der Waals surface area contributed by atoms with Crippen molar-refractivity contribution in [2.24, 2.45) is 0 Å². The summed E-state index contributed by atoms with van der Waals surface area (Å²) in [6.45, 7) is 6.41. The Bertz CT molecular complexity index is 557. The predicted octanol–water partition coefficient (Wildman–Crippen LogP) is 1.17. The molecule has 7 heteroatoms. The predicted molar refractivity (Wildman–Crippen MR) is 89.6 cm³/mol. The summed E-state index contributed by atoms with van der Waals surface area (Å²) in [5.41, 5.74) is 5.64. The van der Waals surface area contributed by atoms with E-state index >= 15 is 0 Å². The molecule has 126 valence electrons. The summed E-state index contributed by atoms with van der Waals surface area (Å²) >= 11 is 0. The Morgan fingerprint density at radius 2 is 1.86 bits per heavy atom. The van der Waals surface area contributed by atoms with Crippen molar-refractivity contribution >= 4 is 11.5 Å². The van der Waals surface area contributed by atoms with Gasteiger partial charge in [-0.2, -0.15) is 0 Å². The number of methoxy groups -OCH3 is 1. The Hall–Kier alpha value is -1.76. The van der Waals surface area contributed by atoms with E-state index in [4.69, 9.17) is 10.5 Å². The highest BCUT2D eigenvalue weighted by atomic mass is 16.5. The second-order valence-corrected chi connectivity index (χ2v) is 5.33. The first-order valence-electron chi connectivity index (χ1n) is 7.93. The molecule has 0 aliphatic heterocycles. The molecule has 0 saturated carbocycles. The standard InChI is InChI=1S/C15H28N4O3/c1-4-6-8-18(10-11-22-3)12-13(16)19(9-7-5-2)15(21)17-14(12)20/h4-11,16H2,1-3H3,(H,17,20,21). The molecule has 1 heterocycles. The Morgan fingerprint density at radius 3 is 2.45 bits per heavy atom. The van der Waals surface area contributed by atoms with Crippen molar-refractivity contribution < 1.29 is 4.74 Å². The quantitative estimate of drug-likeness (QED) is 0.676. The third-order valence-electron chi connectivity index (χ3n) is 3.61. The largest absolute Gasteiger partial charge is 0.383 e. The van der Waals surface area contributed by atoms with E-state index in [-0.39, 0.29) is 5.82 Å². The number of anilines is 2. The first kappa shape index (κ1) is 18.3. The van der Waals surface area contributed by atoms with Crippen LogP contribution in [0.15, 0.2) is 9.59 Å². The molecule has 0 atom stereocenters. The molecule has 1 aromatic rings. The third kappa shape index (κ3) is 4.62. The van der Waals surface area contributed by atoms with E-state index in [2.05, 4.69) is 11.9 Å². The van der Waals surface area contributed by atoms with Crippen LogP contribution in [0.4, 0.5) is 11.5 Å². The number of aromatic nitrogens is 2. The van der Waals surface area contributed by atoms with Crippen molar-refractivity contribution in [2.75, 3.05) is 37.4 Å². The average molecular weight is 312 g/mol. The Balaban J connectivity index is 3.22. The molecule has 7 nitrogen and oxygen atoms in total. The number of hydrogen-bond acceptors (Lipinski definition) is 5. The minimum absolute atomic E-state index is 0.245. The molecule has 22 heavy (non-hydrogen) atoms. The first-order valence-corrected chi connectivity index (χ1v) is 7.93. The lowest BCUT2D eigenvalue weighted by molar-refractivity contribution is 0.205. The number of hydrogen-bond donors (Lipinski definition) is 2. The molecular formula is C15H28N4O3. The highest BCUT2D eigenvalue weighted by Crippen LogP contribution is 2.17. The van der Waals surface area contributed by atoms with Crippen LogP contribution in [0.3, 0.4) is 0 Å². The normalized spacial score (nSPS) is 10.9. The van der Waals surface area contributed by atoms with Crippen LogP contribution >= 0.6 is 0 Å². The molecule has 3 N–H and O–H groups in total. The summed E-state index contributed by atoms with van der Waals surface area (Å²) < 4.78 is 6.56. The van der Waals surface area contributed by atoms with E-state index in [1.807, 2.05) is 11.8 Å². The fourth-order valence-corrected chi connectivity index (χ4v) is 2.31. The van der Waals surface area contributed by atoms with E-state index in [0.717, 1.165) is 25.7 Å². The van der Waals surface area contributed by atoms with Crippen LogP contribution in [0, 0.1) is 0 Å². The maximum absolute atomic E-state index is 12.2. The van der Waals surface area contributed by atoms with Gasteiger partial charge in [0.15, 0.2) is 0 Å². The number of ether oxygens (including phenoxy) is 1. The molecule has 0 aliphatic carbocycles. The number of nitrogens with zero attached hydrogens (tertiary/aromatic N) is 2. The van der Waals surface area contributed by atoms with E-state index in [9.17, 15) is 9.59 Å². The van der Waals surface area contributed by atoms with Gasteiger partial charge in [-0.15, -0.1) is 0 Å². The zero-order valence-electron chi connectivity index (χ0n) is 13.9. The minimum atomic E-state index is -0.443. The monoisotopic (exact) mass is 312 g/mol. The molecule has 0 radical (unpaired) electrons. The molecule has 0 aromatic carbocycles. The fraction of sp³-hybridized carbons (Fsp3) is 0.733. The van der Waals surface area contributed by atoms with Gasteiger partial charge in [-0.25, -0.2) is 4.79 Å². The van der Waals surface area contributed by atoms with Gasteiger partial charge in [-0.05, 0) is 12.8 Å². The Labute approximate surface area is 131 Å². The summed E-state index contributed by atoms with van der Waals surface area (Å²) in [5.74, 6) is 0.245. The third-order valence-corrected chi connectivity index (χ3v) is 3.61. The van der Waals surface area contributed by atoms with Gasteiger partial charge in [0, 0.05) is 26.7 Å². The van der Waals surface area contributed by atoms with E-state index in [0.29, 0.717) is 31.9 Å². The van der Waals surface area contributed by atoms with Crippen molar-refractivity contribution in [1.82, 2.24) is 9.55 Å². The van der Waals surface area contributed by atoms with Gasteiger partial charge in [0.25, 0.3) is 5.56 Å². The molecule has 1 rings (SSSR count). The van der Waals surface area contributed by atoms with Crippen LogP contribution in [0.5, 0.6) is 0 Å². The highest BCUT2D eigenvalue weighted by Gasteiger charge is 2.18. The van der Waals surface area contributed by atoms with Crippen LogP contribution in [0.25, 0.3) is 0 Å². The molecule has 0 amide bonds. The smallest absolute Gasteiger partial charge is 0.330 e. The van der Waals surface area contributed by atoms with Crippen LogP contribution in [0.2, 0.25) is 0 Å². The van der Waals surface area contributed by atoms with Gasteiger partial charge in [0.2, 0.25) is 0 Å². The van der Waals surface area contributed by atoms with Crippen LogP contribution < -0.4 is 21.9 Å². The molecule has 0 unspecified atom stereocenters. The molecule has 0 bridgehead atoms. The zero-order chi connectivity index (χ0) is 16.5. The van der Waals surface area contributed by atoms with Gasteiger partial charge in [0.1, 0.15) is 11.5 Å². The Morgan fingerprint density at radius 1 is 1.18 bits per heavy atom. The van der Waals surface area contributed by atoms with Gasteiger partial charge < -0.3 is 15.4 Å². The Kier molecular flexibility index (Phi) is 7.73. The first-order chi connectivity index (χ1) is 10.6. The summed E-state index contributed by atoms with van der Waals surface area (Å²) in [6, 6.07) is 0. The minimum Gasteiger partial charge on any atom is -0.383 e. The second-order valence-electron chi connectivity index (χ2n) is 5.33. The van der Waals surface area contributed by atoms with Crippen molar-refractivity contribution in [1.29, 1.82) is 0 Å². The highest BCUT2D eigenvalue weighted by molar-refractivity contribution is 5.62. The second kappa shape index (κ2) is 9.30. The number of nitrogen functional groups attached to an aromatic ring is 1. The maximum atomic E-state index is 12.2. The van der Waals surface area contributed by atoms with Crippen molar-refractivity contribution in [3.8, 4) is 0 Å². The lowest BCUT2D eigenvalue weighted by Gasteiger charge is -2.25. The van der Waals surface area contributed by atoms with Crippen molar-refractivity contribution in [2.45, 2.75) is 46.1 Å². The van der Waals surface area contributed by atoms with Crippen molar-refractivity contribution in [3.05, 3.63) is 20.8 Å². The van der Waals surface area contributed by atoms with Gasteiger partial charge in [0.05, 0.1) is 6.61 Å². The summed E-state index contributed by atoms with van der Waals surface area (Å²) in [6.07, 6.45) is 3.74. The molecular weight excluding hydrogens is 284 g/mol. The molecule has 0 aliphatic rings. The lowest BCUT2D eigenvalue weighted by Crippen LogP contribution is -2.40. The van der Waals surface area contributed by atoms with E-state index in [1.165, 1.54) is 4.57 Å². The number of nitrogens with two attached hydrogens (primary N) is 1. The number of aromatic amines is 1. The number of unbranched alkanes of at least 4 members (excludes halogenated alkanes) is 2. The van der Waals surface area contributed by atoms with Gasteiger partial charge >= 0.3 is 5.69 Å². The number of rotatable bonds is 10. The van der Waals surface area contributed by atoms with Crippen LogP contribution in [-0.2, 0) is 11.3 Å². The SMILES string of the molecule is CCCCN(CCOC)c1c(N)n(CCCC)c(=O)[nH]c1=O. The summed E-state index contributed by atoms with van der Waals surface area (Å²) in [4.78, 5) is 28.5. The maximum Gasteiger partial charge on any atom is 0.330 e. The molecule has 0 fully saturated rings. The van der Waals surface area contributed by atoms with Crippen LogP contribution in [0.1, 0.15) is 39.5 Å². The average Bonchev–Trinajstić information content (AvgIpc) is 2.48. The zero-order valence-corrected chi connectivity index (χ0v) is 13.9. The van der Waals surface area contributed by atoms with Crippen molar-refractivity contribution in [3.63, 3.8) is 0 Å².